The highest BCUT2D eigenvalue weighted by Gasteiger charge is 2.27. The van der Waals surface area contributed by atoms with Gasteiger partial charge in [0.05, 0.1) is 0 Å². The number of halogens is 1. The Bertz CT molecular complexity index is 404. The van der Waals surface area contributed by atoms with Crippen LogP contribution in [0.1, 0.15) is 25.0 Å². The highest BCUT2D eigenvalue weighted by atomic mass is 79.9. The molecule has 1 aromatic carbocycles. The summed E-state index contributed by atoms with van der Waals surface area (Å²) < 4.78 is 6.64. The lowest BCUT2D eigenvalue weighted by atomic mass is 10.1. The number of hydrogen-bond donors (Lipinski definition) is 1. The van der Waals surface area contributed by atoms with Gasteiger partial charge in [-0.05, 0) is 51.0 Å². The Morgan fingerprint density at radius 2 is 1.75 bits per heavy atom. The molecule has 0 atom stereocenters. The van der Waals surface area contributed by atoms with Crippen LogP contribution in [0.2, 0.25) is 0 Å². The van der Waals surface area contributed by atoms with Crippen LogP contribution in [0.25, 0.3) is 0 Å². The van der Waals surface area contributed by atoms with Gasteiger partial charge in [0.2, 0.25) is 0 Å². The van der Waals surface area contributed by atoms with Gasteiger partial charge in [-0.15, -0.1) is 0 Å². The van der Waals surface area contributed by atoms with Gasteiger partial charge in [0.15, 0.2) is 5.60 Å². The Kier molecular flexibility index (Phi) is 3.63. The molecular formula is C12H16BrNO2. The Morgan fingerprint density at radius 3 is 2.12 bits per heavy atom. The van der Waals surface area contributed by atoms with Crippen molar-refractivity contribution in [1.29, 1.82) is 0 Å². The van der Waals surface area contributed by atoms with Crippen LogP contribution in [-0.4, -0.2) is 11.5 Å². The molecule has 0 unspecified atom stereocenters. The molecule has 0 heterocycles. The van der Waals surface area contributed by atoms with Crippen molar-refractivity contribution in [2.45, 2.75) is 33.3 Å². The standard InChI is InChI=1S/C12H16BrNO2/c1-7-5-9(6-8(2)10(7)13)16-12(3,4)11(14)15/h5-6H,1-4H3,(H2,14,15). The van der Waals surface area contributed by atoms with E-state index in [2.05, 4.69) is 15.9 Å². The van der Waals surface area contributed by atoms with E-state index < -0.39 is 11.5 Å². The third kappa shape index (κ3) is 2.76. The molecule has 0 spiro atoms. The lowest BCUT2D eigenvalue weighted by molar-refractivity contribution is -0.130. The molecule has 0 bridgehead atoms. The fourth-order valence-electron chi connectivity index (χ4n) is 1.31. The van der Waals surface area contributed by atoms with Gasteiger partial charge in [0.25, 0.3) is 5.91 Å². The summed E-state index contributed by atoms with van der Waals surface area (Å²) in [6.07, 6.45) is 0. The summed E-state index contributed by atoms with van der Waals surface area (Å²) in [5, 5.41) is 0. The second kappa shape index (κ2) is 4.45. The summed E-state index contributed by atoms with van der Waals surface area (Å²) >= 11 is 3.47. The average molecular weight is 286 g/mol. The van der Waals surface area contributed by atoms with E-state index in [0.717, 1.165) is 15.6 Å². The van der Waals surface area contributed by atoms with Crippen molar-refractivity contribution in [2.24, 2.45) is 5.73 Å². The maximum absolute atomic E-state index is 11.2. The van der Waals surface area contributed by atoms with E-state index in [0.29, 0.717) is 5.75 Å². The van der Waals surface area contributed by atoms with E-state index in [1.807, 2.05) is 26.0 Å². The van der Waals surface area contributed by atoms with Crippen molar-refractivity contribution >= 4 is 21.8 Å². The van der Waals surface area contributed by atoms with Crippen LogP contribution in [0.15, 0.2) is 16.6 Å². The first-order valence-electron chi connectivity index (χ1n) is 4.99. The number of hydrogen-bond acceptors (Lipinski definition) is 2. The van der Waals surface area contributed by atoms with Crippen LogP contribution in [0.3, 0.4) is 0 Å². The molecule has 0 fully saturated rings. The lowest BCUT2D eigenvalue weighted by Gasteiger charge is -2.23. The molecule has 1 amide bonds. The Balaban J connectivity index is 3.04. The van der Waals surface area contributed by atoms with Gasteiger partial charge in [-0.2, -0.15) is 0 Å². The SMILES string of the molecule is Cc1cc(OC(C)(C)C(N)=O)cc(C)c1Br. The molecule has 16 heavy (non-hydrogen) atoms. The predicted molar refractivity (Wildman–Crippen MR) is 67.5 cm³/mol. The van der Waals surface area contributed by atoms with Crippen LogP contribution in [0.5, 0.6) is 5.75 Å². The zero-order chi connectivity index (χ0) is 12.5. The first kappa shape index (κ1) is 13.0. The first-order chi connectivity index (χ1) is 7.24. The minimum Gasteiger partial charge on any atom is -0.478 e. The molecule has 1 aromatic rings. The van der Waals surface area contributed by atoms with E-state index in [1.165, 1.54) is 0 Å². The van der Waals surface area contributed by atoms with Crippen LogP contribution in [-0.2, 0) is 4.79 Å². The summed E-state index contributed by atoms with van der Waals surface area (Å²) in [6.45, 7) is 7.26. The van der Waals surface area contributed by atoms with Crippen LogP contribution in [0, 0.1) is 13.8 Å². The van der Waals surface area contributed by atoms with Crippen molar-refractivity contribution in [2.75, 3.05) is 0 Å². The molecule has 0 saturated heterocycles. The molecule has 0 aliphatic heterocycles. The fourth-order valence-corrected chi connectivity index (χ4v) is 1.54. The number of primary amides is 1. The fraction of sp³-hybridized carbons (Fsp3) is 0.417. The Morgan fingerprint density at radius 1 is 1.31 bits per heavy atom. The van der Waals surface area contributed by atoms with Crippen LogP contribution >= 0.6 is 15.9 Å². The quantitative estimate of drug-likeness (QED) is 0.928. The number of benzene rings is 1. The normalized spacial score (nSPS) is 11.3. The minimum absolute atomic E-state index is 0.481. The highest BCUT2D eigenvalue weighted by Crippen LogP contribution is 2.28. The van der Waals surface area contributed by atoms with Crippen molar-refractivity contribution < 1.29 is 9.53 Å². The second-order valence-electron chi connectivity index (χ2n) is 4.35. The average Bonchev–Trinajstić information content (AvgIpc) is 2.13. The molecule has 3 nitrogen and oxygen atoms in total. The third-order valence-electron chi connectivity index (χ3n) is 2.38. The van der Waals surface area contributed by atoms with Gasteiger partial charge >= 0.3 is 0 Å². The van der Waals surface area contributed by atoms with Crippen LogP contribution < -0.4 is 10.5 Å². The smallest absolute Gasteiger partial charge is 0.261 e. The first-order valence-corrected chi connectivity index (χ1v) is 5.79. The molecule has 88 valence electrons. The van der Waals surface area contributed by atoms with E-state index >= 15 is 0 Å². The summed E-state index contributed by atoms with van der Waals surface area (Å²) in [7, 11) is 0. The van der Waals surface area contributed by atoms with Gasteiger partial charge in [0, 0.05) is 4.47 Å². The summed E-state index contributed by atoms with van der Waals surface area (Å²) in [5.41, 5.74) is 6.39. The minimum atomic E-state index is -0.993. The van der Waals surface area contributed by atoms with Gasteiger partial charge in [-0.25, -0.2) is 0 Å². The van der Waals surface area contributed by atoms with E-state index in [9.17, 15) is 4.79 Å². The molecule has 0 saturated carbocycles. The molecule has 4 heteroatoms. The molecule has 0 aromatic heterocycles. The zero-order valence-corrected chi connectivity index (χ0v) is 11.5. The third-order valence-corrected chi connectivity index (χ3v) is 3.63. The van der Waals surface area contributed by atoms with Gasteiger partial charge < -0.3 is 10.5 Å². The molecule has 2 N–H and O–H groups in total. The van der Waals surface area contributed by atoms with Crippen LogP contribution in [0.4, 0.5) is 0 Å². The largest absolute Gasteiger partial charge is 0.478 e. The summed E-state index contributed by atoms with van der Waals surface area (Å²) in [5.74, 6) is 0.174. The topological polar surface area (TPSA) is 52.3 Å². The molecule has 1 rings (SSSR count). The van der Waals surface area contributed by atoms with Crippen molar-refractivity contribution in [3.8, 4) is 5.75 Å². The van der Waals surface area contributed by atoms with Crippen molar-refractivity contribution in [3.63, 3.8) is 0 Å². The number of rotatable bonds is 3. The van der Waals surface area contributed by atoms with E-state index in [-0.39, 0.29) is 0 Å². The summed E-state index contributed by atoms with van der Waals surface area (Å²) in [4.78, 5) is 11.2. The van der Waals surface area contributed by atoms with Crippen molar-refractivity contribution in [1.82, 2.24) is 0 Å². The highest BCUT2D eigenvalue weighted by molar-refractivity contribution is 9.10. The zero-order valence-electron chi connectivity index (χ0n) is 9.93. The maximum atomic E-state index is 11.2. The number of amides is 1. The monoisotopic (exact) mass is 285 g/mol. The number of ether oxygens (including phenoxy) is 1. The predicted octanol–water partition coefficient (Wildman–Crippen LogP) is 2.71. The number of carbonyl (C=O) groups excluding carboxylic acids is 1. The number of aryl methyl sites for hydroxylation is 2. The van der Waals surface area contributed by atoms with Gasteiger partial charge in [-0.3, -0.25) is 4.79 Å². The van der Waals surface area contributed by atoms with E-state index in [4.69, 9.17) is 10.5 Å². The second-order valence-corrected chi connectivity index (χ2v) is 5.14. The molecule has 0 aliphatic carbocycles. The summed E-state index contributed by atoms with van der Waals surface area (Å²) in [6, 6.07) is 3.75. The molecule has 0 aliphatic rings. The Labute approximate surface area is 104 Å². The number of nitrogens with two attached hydrogens (primary N) is 1. The Hall–Kier alpha value is -1.03. The lowest BCUT2D eigenvalue weighted by Crippen LogP contribution is -2.43. The number of carbonyl (C=O) groups is 1. The van der Waals surface area contributed by atoms with E-state index in [1.54, 1.807) is 13.8 Å². The maximum Gasteiger partial charge on any atom is 0.261 e. The van der Waals surface area contributed by atoms with Gasteiger partial charge in [-0.1, -0.05) is 15.9 Å². The molecule has 0 radical (unpaired) electrons. The molecular weight excluding hydrogens is 270 g/mol. The van der Waals surface area contributed by atoms with Crippen molar-refractivity contribution in [3.05, 3.63) is 27.7 Å². The van der Waals surface area contributed by atoms with Gasteiger partial charge in [0.1, 0.15) is 5.75 Å².